The normalized spacial score (nSPS) is 25.3. The van der Waals surface area contributed by atoms with E-state index in [-0.39, 0.29) is 6.42 Å². The summed E-state index contributed by atoms with van der Waals surface area (Å²) in [6.45, 7) is 3.43. The third kappa shape index (κ3) is 6.90. The highest BCUT2D eigenvalue weighted by Crippen LogP contribution is 2.30. The Bertz CT molecular complexity index is 445. The molecule has 0 aromatic carbocycles. The molecule has 144 valence electrons. The minimum Gasteiger partial charge on any atom is -0.455 e. The molecular formula is C20H34O5. The Morgan fingerprint density at radius 1 is 0.960 bits per heavy atom. The van der Waals surface area contributed by atoms with Crippen molar-refractivity contribution in [3.8, 4) is 0 Å². The number of carbonyl (C=O) groups excluding carboxylic acids is 2. The Kier molecular flexibility index (Phi) is 9.98. The maximum Gasteiger partial charge on any atom is 0.303 e. The number of esters is 1. The predicted molar refractivity (Wildman–Crippen MR) is 97.1 cm³/mol. The number of rotatable bonds is 13. The second-order valence-electron chi connectivity index (χ2n) is 7.04. The Hall–Kier alpha value is -1.20. The zero-order valence-corrected chi connectivity index (χ0v) is 15.7. The van der Waals surface area contributed by atoms with Crippen LogP contribution in [0.15, 0.2) is 12.2 Å². The first-order chi connectivity index (χ1) is 11.9. The van der Waals surface area contributed by atoms with Gasteiger partial charge in [-0.15, -0.1) is 0 Å². The number of carbonyl (C=O) groups is 2. The lowest BCUT2D eigenvalue weighted by atomic mass is 9.88. The van der Waals surface area contributed by atoms with Gasteiger partial charge in [0.2, 0.25) is 0 Å². The van der Waals surface area contributed by atoms with Crippen molar-refractivity contribution >= 4 is 11.8 Å². The van der Waals surface area contributed by atoms with Crippen molar-refractivity contribution in [2.45, 2.75) is 102 Å². The fourth-order valence-corrected chi connectivity index (χ4v) is 3.27. The van der Waals surface area contributed by atoms with Gasteiger partial charge < -0.3 is 14.9 Å². The smallest absolute Gasteiger partial charge is 0.303 e. The van der Waals surface area contributed by atoms with Crippen molar-refractivity contribution in [1.29, 1.82) is 0 Å². The van der Waals surface area contributed by atoms with Crippen LogP contribution >= 0.6 is 0 Å². The highest BCUT2D eigenvalue weighted by Gasteiger charge is 2.52. The van der Waals surface area contributed by atoms with Crippen LogP contribution in [0.1, 0.15) is 84.5 Å². The molecule has 0 fully saturated rings. The summed E-state index contributed by atoms with van der Waals surface area (Å²) in [6, 6.07) is 0. The molecule has 1 aliphatic carbocycles. The quantitative estimate of drug-likeness (QED) is 0.301. The van der Waals surface area contributed by atoms with Crippen molar-refractivity contribution in [1.82, 2.24) is 0 Å². The van der Waals surface area contributed by atoms with E-state index in [2.05, 4.69) is 6.92 Å². The van der Waals surface area contributed by atoms with E-state index in [0.29, 0.717) is 6.42 Å². The van der Waals surface area contributed by atoms with Gasteiger partial charge in [0.15, 0.2) is 17.5 Å². The summed E-state index contributed by atoms with van der Waals surface area (Å²) in [5.74, 6) is -1.05. The van der Waals surface area contributed by atoms with Gasteiger partial charge in [-0.3, -0.25) is 9.59 Å². The Labute approximate surface area is 151 Å². The Balaban J connectivity index is 2.21. The van der Waals surface area contributed by atoms with Gasteiger partial charge in [-0.1, -0.05) is 70.8 Å². The van der Waals surface area contributed by atoms with Crippen molar-refractivity contribution < 1.29 is 24.5 Å². The molecule has 0 aromatic rings. The SMILES string of the molecule is CCCCCCCCCCCCC(=O)[C@@]1(O)C(O)C=C[C@@H]1OC(C)=O. The summed E-state index contributed by atoms with van der Waals surface area (Å²) in [4.78, 5) is 23.5. The van der Waals surface area contributed by atoms with E-state index in [4.69, 9.17) is 4.74 Å². The first kappa shape index (κ1) is 21.8. The van der Waals surface area contributed by atoms with Gasteiger partial charge in [-0.2, -0.15) is 0 Å². The maximum atomic E-state index is 12.4. The Morgan fingerprint density at radius 3 is 2.00 bits per heavy atom. The summed E-state index contributed by atoms with van der Waals surface area (Å²) in [7, 11) is 0. The summed E-state index contributed by atoms with van der Waals surface area (Å²) in [5, 5.41) is 20.5. The molecule has 25 heavy (non-hydrogen) atoms. The van der Waals surface area contributed by atoms with E-state index >= 15 is 0 Å². The lowest BCUT2D eigenvalue weighted by molar-refractivity contribution is -0.172. The molecule has 5 nitrogen and oxygen atoms in total. The Morgan fingerprint density at radius 2 is 1.48 bits per heavy atom. The first-order valence-corrected chi connectivity index (χ1v) is 9.72. The number of aliphatic hydroxyl groups excluding tert-OH is 1. The molecule has 0 spiro atoms. The van der Waals surface area contributed by atoms with Crippen LogP contribution in [0.2, 0.25) is 0 Å². The molecule has 2 N–H and O–H groups in total. The summed E-state index contributed by atoms with van der Waals surface area (Å²) < 4.78 is 4.96. The van der Waals surface area contributed by atoms with E-state index in [9.17, 15) is 19.8 Å². The van der Waals surface area contributed by atoms with E-state index in [1.807, 2.05) is 0 Å². The molecule has 0 heterocycles. The van der Waals surface area contributed by atoms with Crippen LogP contribution in [0.5, 0.6) is 0 Å². The molecule has 1 unspecified atom stereocenters. The molecule has 0 bridgehead atoms. The largest absolute Gasteiger partial charge is 0.455 e. The number of hydrogen-bond donors (Lipinski definition) is 2. The summed E-state index contributed by atoms with van der Waals surface area (Å²) >= 11 is 0. The molecule has 1 aliphatic rings. The van der Waals surface area contributed by atoms with E-state index in [1.54, 1.807) is 0 Å². The predicted octanol–water partition coefficient (Wildman–Crippen LogP) is 3.46. The third-order valence-electron chi connectivity index (χ3n) is 4.85. The van der Waals surface area contributed by atoms with Crippen LogP contribution in [0.4, 0.5) is 0 Å². The number of unbranched alkanes of at least 4 members (excludes halogenated alkanes) is 9. The topological polar surface area (TPSA) is 83.8 Å². The van der Waals surface area contributed by atoms with Crippen LogP contribution in [-0.2, 0) is 14.3 Å². The first-order valence-electron chi connectivity index (χ1n) is 9.72. The van der Waals surface area contributed by atoms with Gasteiger partial charge in [0.05, 0.1) is 0 Å². The number of Topliss-reactive ketones (excluding diaryl/α,β-unsaturated/α-hetero) is 1. The van der Waals surface area contributed by atoms with E-state index in [1.165, 1.54) is 64.0 Å². The lowest BCUT2D eigenvalue weighted by Gasteiger charge is -2.30. The van der Waals surface area contributed by atoms with Gasteiger partial charge in [0.1, 0.15) is 6.10 Å². The summed E-state index contributed by atoms with van der Waals surface area (Å²) in [5.41, 5.74) is -2.04. The molecule has 0 radical (unpaired) electrons. The lowest BCUT2D eigenvalue weighted by Crippen LogP contribution is -2.55. The van der Waals surface area contributed by atoms with Crippen molar-refractivity contribution in [3.63, 3.8) is 0 Å². The molecular weight excluding hydrogens is 320 g/mol. The van der Waals surface area contributed by atoms with Gasteiger partial charge in [-0.25, -0.2) is 0 Å². The fourth-order valence-electron chi connectivity index (χ4n) is 3.27. The molecule has 0 amide bonds. The highest BCUT2D eigenvalue weighted by atomic mass is 16.6. The zero-order valence-electron chi connectivity index (χ0n) is 15.7. The van der Waals surface area contributed by atoms with Crippen molar-refractivity contribution in [2.24, 2.45) is 0 Å². The molecule has 1 rings (SSSR count). The zero-order chi connectivity index (χ0) is 18.7. The van der Waals surface area contributed by atoms with E-state index < -0.39 is 29.6 Å². The van der Waals surface area contributed by atoms with Gasteiger partial charge in [0.25, 0.3) is 0 Å². The van der Waals surface area contributed by atoms with Gasteiger partial charge >= 0.3 is 5.97 Å². The van der Waals surface area contributed by atoms with Crippen LogP contribution in [0.25, 0.3) is 0 Å². The number of hydrogen-bond acceptors (Lipinski definition) is 5. The number of ketones is 1. The number of ether oxygens (including phenoxy) is 1. The second-order valence-corrected chi connectivity index (χ2v) is 7.04. The van der Waals surface area contributed by atoms with Crippen molar-refractivity contribution in [3.05, 3.63) is 12.2 Å². The average molecular weight is 354 g/mol. The second kappa shape index (κ2) is 11.4. The van der Waals surface area contributed by atoms with Gasteiger partial charge in [0, 0.05) is 13.3 Å². The maximum absolute atomic E-state index is 12.4. The summed E-state index contributed by atoms with van der Waals surface area (Å²) in [6.07, 6.45) is 12.0. The molecule has 0 saturated heterocycles. The molecule has 0 aromatic heterocycles. The van der Waals surface area contributed by atoms with Crippen LogP contribution in [0, 0.1) is 0 Å². The minimum atomic E-state index is -2.04. The molecule has 5 heteroatoms. The highest BCUT2D eigenvalue weighted by molar-refractivity contribution is 5.90. The molecule has 3 atom stereocenters. The average Bonchev–Trinajstić information content (AvgIpc) is 2.85. The van der Waals surface area contributed by atoms with Crippen LogP contribution in [0.3, 0.4) is 0 Å². The van der Waals surface area contributed by atoms with Crippen molar-refractivity contribution in [2.75, 3.05) is 0 Å². The van der Waals surface area contributed by atoms with Crippen LogP contribution in [-0.4, -0.2) is 39.8 Å². The fraction of sp³-hybridized carbons (Fsp3) is 0.800. The minimum absolute atomic E-state index is 0.184. The third-order valence-corrected chi connectivity index (χ3v) is 4.85. The van der Waals surface area contributed by atoms with Gasteiger partial charge in [-0.05, 0) is 12.5 Å². The van der Waals surface area contributed by atoms with E-state index in [0.717, 1.165) is 12.8 Å². The van der Waals surface area contributed by atoms with Crippen LogP contribution < -0.4 is 0 Å². The standard InChI is InChI=1S/C20H34O5/c1-3-4-5-6-7-8-9-10-11-12-13-17(22)20(24)18(23)14-15-19(20)25-16(2)21/h14-15,18-19,23-24H,3-13H2,1-2H3/t18?,19-,20+/m0/s1. The molecule has 0 saturated carbocycles. The molecule has 0 aliphatic heterocycles. The number of aliphatic hydroxyl groups is 2. The monoisotopic (exact) mass is 354 g/mol.